The third kappa shape index (κ3) is 3.40. The molecule has 130 valence electrons. The van der Waals surface area contributed by atoms with Crippen LogP contribution in [0.4, 0.5) is 13.2 Å². The molecular formula is C16H17ClF3N3O. The van der Waals surface area contributed by atoms with Crippen LogP contribution in [0.15, 0.2) is 18.2 Å². The van der Waals surface area contributed by atoms with E-state index in [1.807, 2.05) is 6.92 Å². The fraction of sp³-hybridized carbons (Fsp3) is 0.375. The van der Waals surface area contributed by atoms with Gasteiger partial charge in [-0.1, -0.05) is 11.6 Å². The lowest BCUT2D eigenvalue weighted by molar-refractivity contribution is -0.137. The van der Waals surface area contributed by atoms with Crippen LogP contribution in [0, 0.1) is 13.8 Å². The number of aryl methyl sites for hydroxylation is 2. The number of aromatic nitrogens is 2. The fourth-order valence-corrected chi connectivity index (χ4v) is 2.80. The van der Waals surface area contributed by atoms with Crippen molar-refractivity contribution in [3.63, 3.8) is 0 Å². The summed E-state index contributed by atoms with van der Waals surface area (Å²) in [5, 5.41) is 6.89. The summed E-state index contributed by atoms with van der Waals surface area (Å²) in [4.78, 5) is 14.0. The molecular weight excluding hydrogens is 343 g/mol. The second kappa shape index (κ2) is 6.47. The first-order chi connectivity index (χ1) is 11.0. The highest BCUT2D eigenvalue weighted by molar-refractivity contribution is 6.33. The van der Waals surface area contributed by atoms with Crippen LogP contribution in [-0.2, 0) is 6.18 Å². The summed E-state index contributed by atoms with van der Waals surface area (Å²) >= 11 is 5.94. The second-order valence-electron chi connectivity index (χ2n) is 5.63. The number of hydrogen-bond donors (Lipinski definition) is 1. The van der Waals surface area contributed by atoms with Gasteiger partial charge in [0, 0.05) is 18.3 Å². The number of alkyl halides is 3. The lowest BCUT2D eigenvalue weighted by Crippen LogP contribution is -2.30. The van der Waals surface area contributed by atoms with Crippen LogP contribution in [0.2, 0.25) is 5.02 Å². The first kappa shape index (κ1) is 18.3. The van der Waals surface area contributed by atoms with E-state index in [1.54, 1.807) is 13.8 Å². The summed E-state index contributed by atoms with van der Waals surface area (Å²) in [5.74, 6) is -0.585. The number of benzene rings is 1. The Morgan fingerprint density at radius 3 is 2.46 bits per heavy atom. The van der Waals surface area contributed by atoms with E-state index < -0.39 is 17.6 Å². The van der Waals surface area contributed by atoms with Crippen molar-refractivity contribution in [2.75, 3.05) is 7.05 Å². The fourth-order valence-electron chi connectivity index (χ4n) is 2.60. The molecule has 0 saturated carbocycles. The van der Waals surface area contributed by atoms with Crippen molar-refractivity contribution in [1.82, 2.24) is 15.1 Å². The number of hydrogen-bond acceptors (Lipinski definition) is 2. The lowest BCUT2D eigenvalue weighted by Gasteiger charge is -2.26. The van der Waals surface area contributed by atoms with Crippen molar-refractivity contribution in [2.24, 2.45) is 0 Å². The molecule has 1 amide bonds. The topological polar surface area (TPSA) is 49.0 Å². The number of halogens is 4. The highest BCUT2D eigenvalue weighted by atomic mass is 35.5. The Labute approximate surface area is 142 Å². The predicted molar refractivity (Wildman–Crippen MR) is 85.0 cm³/mol. The van der Waals surface area contributed by atoms with E-state index in [2.05, 4.69) is 10.2 Å². The van der Waals surface area contributed by atoms with Gasteiger partial charge in [0.25, 0.3) is 5.91 Å². The first-order valence-corrected chi connectivity index (χ1v) is 7.57. The minimum Gasteiger partial charge on any atom is -0.335 e. The maximum absolute atomic E-state index is 12.9. The van der Waals surface area contributed by atoms with E-state index in [0.29, 0.717) is 0 Å². The number of carbonyl (C=O) groups excluding carboxylic acids is 1. The Morgan fingerprint density at radius 1 is 1.33 bits per heavy atom. The van der Waals surface area contributed by atoms with E-state index in [0.717, 1.165) is 35.2 Å². The molecule has 0 fully saturated rings. The second-order valence-corrected chi connectivity index (χ2v) is 6.04. The van der Waals surface area contributed by atoms with Gasteiger partial charge in [0.1, 0.15) is 0 Å². The number of H-pyrrole nitrogens is 1. The average Bonchev–Trinajstić information content (AvgIpc) is 2.83. The minimum atomic E-state index is -4.54. The summed E-state index contributed by atoms with van der Waals surface area (Å²) < 4.78 is 38.6. The quantitative estimate of drug-likeness (QED) is 0.875. The molecule has 24 heavy (non-hydrogen) atoms. The van der Waals surface area contributed by atoms with Gasteiger partial charge in [0.2, 0.25) is 0 Å². The molecule has 2 aromatic rings. The number of aromatic amines is 1. The maximum atomic E-state index is 12.9. The standard InChI is InChI=1S/C16H17ClF3N3O/c1-8-14(9(2)22-21-8)10(3)23(4)15(24)12-7-11(16(18,19)20)5-6-13(12)17/h5-7,10H,1-4H3,(H,21,22). The zero-order valence-electron chi connectivity index (χ0n) is 13.6. The molecule has 1 aromatic carbocycles. The minimum absolute atomic E-state index is 0.0207. The zero-order chi connectivity index (χ0) is 18.2. The van der Waals surface area contributed by atoms with Crippen LogP contribution in [0.3, 0.4) is 0 Å². The molecule has 0 spiro atoms. The molecule has 0 aliphatic carbocycles. The third-order valence-corrected chi connectivity index (χ3v) is 4.36. The van der Waals surface area contributed by atoms with E-state index >= 15 is 0 Å². The molecule has 8 heteroatoms. The monoisotopic (exact) mass is 359 g/mol. The Morgan fingerprint density at radius 2 is 1.96 bits per heavy atom. The number of nitrogens with one attached hydrogen (secondary N) is 1. The van der Waals surface area contributed by atoms with Crippen LogP contribution < -0.4 is 0 Å². The number of nitrogens with zero attached hydrogens (tertiary/aromatic N) is 2. The van der Waals surface area contributed by atoms with Crippen LogP contribution >= 0.6 is 11.6 Å². The van der Waals surface area contributed by atoms with Gasteiger partial charge in [-0.25, -0.2) is 0 Å². The molecule has 0 saturated heterocycles. The van der Waals surface area contributed by atoms with E-state index in [9.17, 15) is 18.0 Å². The van der Waals surface area contributed by atoms with Crippen LogP contribution in [0.1, 0.15) is 45.8 Å². The van der Waals surface area contributed by atoms with E-state index in [1.165, 1.54) is 11.9 Å². The summed E-state index contributed by atoms with van der Waals surface area (Å²) in [7, 11) is 1.52. The van der Waals surface area contributed by atoms with E-state index in [-0.39, 0.29) is 16.6 Å². The maximum Gasteiger partial charge on any atom is 0.416 e. The van der Waals surface area contributed by atoms with Crippen molar-refractivity contribution >= 4 is 17.5 Å². The van der Waals surface area contributed by atoms with Gasteiger partial charge in [0.15, 0.2) is 0 Å². The van der Waals surface area contributed by atoms with Crippen LogP contribution in [0.25, 0.3) is 0 Å². The lowest BCUT2D eigenvalue weighted by atomic mass is 10.0. The summed E-state index contributed by atoms with van der Waals surface area (Å²) in [6.07, 6.45) is -4.54. The third-order valence-electron chi connectivity index (χ3n) is 4.03. The molecule has 1 N–H and O–H groups in total. The van der Waals surface area contributed by atoms with Crippen molar-refractivity contribution < 1.29 is 18.0 Å². The van der Waals surface area contributed by atoms with Gasteiger partial charge in [-0.15, -0.1) is 0 Å². The van der Waals surface area contributed by atoms with Gasteiger partial charge in [-0.3, -0.25) is 9.89 Å². The van der Waals surface area contributed by atoms with Gasteiger partial charge in [-0.05, 0) is 39.0 Å². The molecule has 2 rings (SSSR count). The summed E-state index contributed by atoms with van der Waals surface area (Å²) in [5.41, 5.74) is 1.27. The van der Waals surface area contributed by atoms with Crippen molar-refractivity contribution in [3.05, 3.63) is 51.3 Å². The number of carbonyl (C=O) groups is 1. The normalized spacial score (nSPS) is 13.0. The smallest absolute Gasteiger partial charge is 0.335 e. The molecule has 0 aliphatic rings. The van der Waals surface area contributed by atoms with Crippen molar-refractivity contribution in [1.29, 1.82) is 0 Å². The Hall–Kier alpha value is -2.02. The summed E-state index contributed by atoms with van der Waals surface area (Å²) in [6.45, 7) is 5.40. The molecule has 1 atom stereocenters. The molecule has 0 aliphatic heterocycles. The van der Waals surface area contributed by atoms with Gasteiger partial charge < -0.3 is 4.90 Å². The zero-order valence-corrected chi connectivity index (χ0v) is 14.4. The Balaban J connectivity index is 2.38. The van der Waals surface area contributed by atoms with Gasteiger partial charge >= 0.3 is 6.18 Å². The SMILES string of the molecule is Cc1n[nH]c(C)c1C(C)N(C)C(=O)c1cc(C(F)(F)F)ccc1Cl. The van der Waals surface area contributed by atoms with E-state index in [4.69, 9.17) is 11.6 Å². The molecule has 4 nitrogen and oxygen atoms in total. The Kier molecular flexibility index (Phi) is 4.94. The molecule has 1 heterocycles. The van der Waals surface area contributed by atoms with Crippen LogP contribution in [0.5, 0.6) is 0 Å². The largest absolute Gasteiger partial charge is 0.416 e. The molecule has 1 aromatic heterocycles. The molecule has 0 bridgehead atoms. The van der Waals surface area contributed by atoms with Crippen molar-refractivity contribution in [2.45, 2.75) is 33.0 Å². The average molecular weight is 360 g/mol. The first-order valence-electron chi connectivity index (χ1n) is 7.19. The number of amides is 1. The Bertz CT molecular complexity index is 751. The van der Waals surface area contributed by atoms with Gasteiger partial charge in [0.05, 0.1) is 27.9 Å². The predicted octanol–water partition coefficient (Wildman–Crippen LogP) is 4.53. The summed E-state index contributed by atoms with van der Waals surface area (Å²) in [6, 6.07) is 2.35. The molecule has 0 radical (unpaired) electrons. The van der Waals surface area contributed by atoms with Gasteiger partial charge in [-0.2, -0.15) is 18.3 Å². The highest BCUT2D eigenvalue weighted by Gasteiger charge is 2.32. The number of rotatable bonds is 3. The van der Waals surface area contributed by atoms with Crippen molar-refractivity contribution in [3.8, 4) is 0 Å². The van der Waals surface area contributed by atoms with Crippen LogP contribution in [-0.4, -0.2) is 28.1 Å². The molecule has 1 unspecified atom stereocenters. The highest BCUT2D eigenvalue weighted by Crippen LogP contribution is 2.33.